The maximum atomic E-state index is 14.0. The van der Waals surface area contributed by atoms with E-state index < -0.39 is 17.6 Å². The van der Waals surface area contributed by atoms with E-state index in [-0.39, 0.29) is 86.3 Å². The summed E-state index contributed by atoms with van der Waals surface area (Å²) in [5.74, 6) is -0.597. The van der Waals surface area contributed by atoms with Crippen LogP contribution in [-0.4, -0.2) is 81.3 Å². The molecule has 14 heteroatoms. The van der Waals surface area contributed by atoms with Crippen LogP contribution in [0.2, 0.25) is 0 Å². The number of amides is 3. The number of fused-ring (bicyclic) bond motifs is 2. The molecule has 0 bridgehead atoms. The molecule has 3 aliphatic heterocycles. The third-order valence-corrected chi connectivity index (χ3v) is 12.8. The molecule has 3 aromatic carbocycles. The Hall–Kier alpha value is -3.78. The maximum absolute atomic E-state index is 14.0. The van der Waals surface area contributed by atoms with E-state index in [1.165, 1.54) is 12.1 Å². The van der Waals surface area contributed by atoms with Gasteiger partial charge in [0.15, 0.2) is 0 Å². The minimum absolute atomic E-state index is 0. The first-order chi connectivity index (χ1) is 27.0. The van der Waals surface area contributed by atoms with Crippen molar-refractivity contribution in [3.05, 3.63) is 130 Å². The molecule has 1 aromatic heterocycles. The number of allylic oxidation sites excluding steroid dienone is 1. The summed E-state index contributed by atoms with van der Waals surface area (Å²) in [6.07, 6.45) is 7.77. The molecule has 0 unspecified atom stereocenters. The van der Waals surface area contributed by atoms with Gasteiger partial charge in [0.1, 0.15) is 5.82 Å². The van der Waals surface area contributed by atoms with Gasteiger partial charge in [-0.15, -0.1) is 0 Å². The Kier molecular flexibility index (Phi) is 12.5. The number of hydrogen-bond acceptors (Lipinski definition) is 6. The van der Waals surface area contributed by atoms with Gasteiger partial charge in [0.2, 0.25) is 0 Å². The van der Waals surface area contributed by atoms with Crippen molar-refractivity contribution in [2.45, 2.75) is 44.7 Å². The molecule has 9 nitrogen and oxygen atoms in total. The Morgan fingerprint density at radius 2 is 1.70 bits per heavy atom. The number of aromatic nitrogens is 1. The molecular weight excluding hydrogens is 1150 g/mol. The van der Waals surface area contributed by atoms with Gasteiger partial charge in [-0.1, -0.05) is 0 Å². The number of hydrogen-bond donors (Lipinski definition) is 2. The van der Waals surface area contributed by atoms with Crippen LogP contribution >= 0.6 is 0 Å². The molecule has 0 atom stereocenters. The topological polar surface area (TPSA) is 104 Å². The molecule has 57 heavy (non-hydrogen) atoms. The van der Waals surface area contributed by atoms with Crippen LogP contribution in [0.1, 0.15) is 68.8 Å². The molecule has 1 spiro atoms. The molecule has 2 N–H and O–H groups in total. The summed E-state index contributed by atoms with van der Waals surface area (Å²) < 4.78 is 46.8. The summed E-state index contributed by atoms with van der Waals surface area (Å²) in [6.45, 7) is 3.50. The van der Waals surface area contributed by atoms with Crippen LogP contribution in [0.25, 0.3) is 0 Å². The number of para-hydroxylation sites is 2. The molecule has 8 rings (SSSR count). The number of ether oxygens (including phenoxy) is 1. The van der Waals surface area contributed by atoms with Crippen molar-refractivity contribution in [3.63, 3.8) is 0 Å². The number of nitrogens with zero attached hydrogens (tertiary/aromatic N) is 3. The van der Waals surface area contributed by atoms with E-state index in [9.17, 15) is 27.6 Å². The fourth-order valence-corrected chi connectivity index (χ4v) is 9.24. The predicted octanol–water partition coefficient (Wildman–Crippen LogP) is 6.38. The number of pyridine rings is 1. The van der Waals surface area contributed by atoms with E-state index in [1.807, 2.05) is 24.3 Å². The molecule has 1 aliphatic carbocycles. The maximum Gasteiger partial charge on any atom is 2.00 e. The van der Waals surface area contributed by atoms with Crippen LogP contribution in [0.3, 0.4) is 0 Å². The number of carbonyl (C=O) groups is 3. The summed E-state index contributed by atoms with van der Waals surface area (Å²) in [5.41, 5.74) is 4.57. The monoisotopic (exact) mass is 1190 g/mol. The van der Waals surface area contributed by atoms with E-state index in [0.29, 0.717) is 43.2 Å². The normalized spacial score (nSPS) is 17.1. The van der Waals surface area contributed by atoms with Crippen molar-refractivity contribution >= 4 is 69.5 Å². The van der Waals surface area contributed by atoms with Crippen LogP contribution in [-0.2, 0) is 28.5 Å². The average Bonchev–Trinajstić information content (AvgIpc) is 3.56. The Morgan fingerprint density at radius 1 is 0.947 bits per heavy atom. The predicted molar refractivity (Wildman–Crippen MR) is 207 cm³/mol. The average molecular weight is 1190 g/mol. The van der Waals surface area contributed by atoms with Gasteiger partial charge >= 0.3 is 218 Å². The Labute approximate surface area is 368 Å². The molecule has 3 amide bonds. The number of halogens is 3. The number of aryl methyl sites for hydroxylation is 2. The summed E-state index contributed by atoms with van der Waals surface area (Å²) in [7, 11) is 0. The second kappa shape index (κ2) is 17.2. The Morgan fingerprint density at radius 3 is 2.46 bits per heavy atom. The summed E-state index contributed by atoms with van der Waals surface area (Å²) in [6, 6.07) is 19.8. The van der Waals surface area contributed by atoms with Crippen molar-refractivity contribution in [1.29, 1.82) is 0 Å². The zero-order valence-corrected chi connectivity index (χ0v) is 39.6. The van der Waals surface area contributed by atoms with Gasteiger partial charge in [-0.05, 0) is 68.0 Å². The van der Waals surface area contributed by atoms with Crippen molar-refractivity contribution < 1.29 is 63.4 Å². The fraction of sp³-hybridized carbons (Fsp3) is 0.302. The summed E-state index contributed by atoms with van der Waals surface area (Å²) in [4.78, 5) is 49.4. The number of carbonyl (C=O) groups excluding carboxylic acids is 3. The number of alkyl halides is 3. The summed E-state index contributed by atoms with van der Waals surface area (Å²) in [5, 5.41) is 5.40. The second-order valence-corrected chi connectivity index (χ2v) is 17.1. The Balaban J connectivity index is 0.00000496. The number of benzene rings is 3. The first-order valence-electron chi connectivity index (χ1n) is 18.6. The first kappa shape index (κ1) is 41.4. The molecule has 0 saturated carbocycles. The number of nitrogens with one attached hydrogen (secondary N) is 2. The molecule has 286 valence electrons. The largest absolute Gasteiger partial charge is 2.00 e. The summed E-state index contributed by atoms with van der Waals surface area (Å²) >= 11 is 0.0656. The smallest absolute Gasteiger partial charge is 2.00 e. The second-order valence-electron chi connectivity index (χ2n) is 14.7. The van der Waals surface area contributed by atoms with Gasteiger partial charge in [0, 0.05) is 43.1 Å². The van der Waals surface area contributed by atoms with Crippen LogP contribution in [0.4, 0.5) is 36.1 Å². The van der Waals surface area contributed by atoms with Crippen molar-refractivity contribution in [2.24, 2.45) is 5.41 Å². The molecule has 4 aliphatic rings. The molecule has 2 saturated heterocycles. The number of anilines is 4. The first-order valence-corrected chi connectivity index (χ1v) is 20.9. The fourth-order valence-electron chi connectivity index (χ4n) is 7.92. The van der Waals surface area contributed by atoms with E-state index in [0.717, 1.165) is 81.5 Å². The van der Waals surface area contributed by atoms with E-state index in [4.69, 9.17) is 9.72 Å². The van der Waals surface area contributed by atoms with Crippen LogP contribution in [0.5, 0.6) is 0 Å². The van der Waals surface area contributed by atoms with Gasteiger partial charge in [-0.3, -0.25) is 4.79 Å². The molecule has 0 radical (unpaired) electrons. The van der Waals surface area contributed by atoms with Crippen molar-refractivity contribution in [1.82, 2.24) is 4.98 Å². The zero-order valence-electron chi connectivity index (χ0n) is 31.0. The van der Waals surface area contributed by atoms with Gasteiger partial charge in [-0.2, -0.15) is 0 Å². The van der Waals surface area contributed by atoms with Crippen LogP contribution in [0, 0.1) is 48.7 Å². The SMILES string of the molecule is O=C([C-]=CC1=[C-]c2ccccc2N(C(=O)c2ccc(NC(=O)c3cc4c(nc3N3CC5(CCOCC5)C3)CCC4)cc2)CC1)Nc1[c]([Tl])cccc1C(F)(F)F.[U+2]. The minimum atomic E-state index is -4.62. The molecule has 2 fully saturated rings. The minimum Gasteiger partial charge on any atom is 2.00 e. The van der Waals surface area contributed by atoms with E-state index in [1.54, 1.807) is 41.3 Å². The zero-order chi connectivity index (χ0) is 39.0. The van der Waals surface area contributed by atoms with Crippen molar-refractivity contribution in [3.8, 4) is 0 Å². The standard InChI is InChI=1S/C43H37F3N5O4.Tl.U/c44-43(45,46)34-8-2-3-9-36(34)48-38(52)17-12-28-18-21-51(37-11-4-1-6-31(37)24-28)41(54)29-13-15-32(16-14-29)47-40(53)33-25-30-7-5-10-35(30)49-39(33)50-26-42(27-50)19-22-55-23-20-42;;/h1-4,6,8,11-16,25H,5,7,10,18-23,26-27H2,(H,47,53)(H,48,52);;/q-2;;+2. The van der Waals surface area contributed by atoms with Gasteiger partial charge in [0.05, 0.1) is 5.56 Å². The third kappa shape index (κ3) is 8.96. The van der Waals surface area contributed by atoms with Gasteiger partial charge in [0.25, 0.3) is 5.91 Å². The molecular formula is C43H37F3N5O4TlU. The number of rotatable bonds is 7. The Bertz CT molecular complexity index is 2270. The van der Waals surface area contributed by atoms with Gasteiger partial charge < -0.3 is 15.0 Å². The van der Waals surface area contributed by atoms with Crippen LogP contribution < -0.4 is 23.6 Å². The molecule has 4 aromatic rings. The molecule has 4 heterocycles. The van der Waals surface area contributed by atoms with E-state index in [2.05, 4.69) is 27.7 Å². The third-order valence-electron chi connectivity index (χ3n) is 10.9. The van der Waals surface area contributed by atoms with Crippen LogP contribution in [0.15, 0.2) is 84.4 Å². The quantitative estimate of drug-likeness (QED) is 0.127. The van der Waals surface area contributed by atoms with Crippen molar-refractivity contribution in [2.75, 3.05) is 53.3 Å². The van der Waals surface area contributed by atoms with E-state index >= 15 is 0 Å². The van der Waals surface area contributed by atoms with Gasteiger partial charge in [-0.25, -0.2) is 4.98 Å².